The van der Waals surface area contributed by atoms with E-state index in [1.165, 1.54) is 0 Å². The smallest absolute Gasteiger partial charge is 0.187 e. The van der Waals surface area contributed by atoms with Crippen LogP contribution in [0.25, 0.3) is 0 Å². The van der Waals surface area contributed by atoms with Crippen molar-refractivity contribution in [3.63, 3.8) is 0 Å². The van der Waals surface area contributed by atoms with Gasteiger partial charge in [0.15, 0.2) is 12.6 Å². The number of hydrogen-bond donors (Lipinski definition) is 8. The first kappa shape index (κ1) is 41.0. The van der Waals surface area contributed by atoms with Crippen molar-refractivity contribution >= 4 is 0 Å². The molecule has 5 aliphatic carbocycles. The molecule has 0 aromatic heterocycles. The Morgan fingerprint density at radius 2 is 1.44 bits per heavy atom. The van der Waals surface area contributed by atoms with Gasteiger partial charge in [-0.15, -0.1) is 0 Å². The highest BCUT2D eigenvalue weighted by molar-refractivity contribution is 5.36. The molecule has 4 saturated carbocycles. The van der Waals surface area contributed by atoms with Crippen LogP contribution in [0.1, 0.15) is 99.8 Å². The van der Waals surface area contributed by atoms with Gasteiger partial charge in [0, 0.05) is 22.2 Å². The van der Waals surface area contributed by atoms with Crippen molar-refractivity contribution in [2.75, 3.05) is 19.8 Å². The average Bonchev–Trinajstić information content (AvgIpc) is 3.41. The first-order chi connectivity index (χ1) is 25.7. The molecule has 8 rings (SSSR count). The quantitative estimate of drug-likeness (QED) is 0.143. The molecule has 0 radical (unpaired) electrons. The van der Waals surface area contributed by atoms with E-state index in [4.69, 9.17) is 23.7 Å². The summed E-state index contributed by atoms with van der Waals surface area (Å²) in [5.74, 6) is 0.449. The lowest BCUT2D eigenvalue weighted by Gasteiger charge is -2.73. The number of ether oxygens (including phenoxy) is 5. The molecule has 2 bridgehead atoms. The van der Waals surface area contributed by atoms with Crippen molar-refractivity contribution in [3.05, 3.63) is 12.2 Å². The zero-order valence-electron chi connectivity index (χ0n) is 33.7. The Labute approximate surface area is 325 Å². The third kappa shape index (κ3) is 5.44. The van der Waals surface area contributed by atoms with Gasteiger partial charge >= 0.3 is 0 Å². The van der Waals surface area contributed by atoms with Crippen LogP contribution in [-0.2, 0) is 23.7 Å². The maximum Gasteiger partial charge on any atom is 0.187 e. The van der Waals surface area contributed by atoms with Crippen LogP contribution >= 0.6 is 0 Å². The zero-order valence-corrected chi connectivity index (χ0v) is 33.7. The second-order valence-corrected chi connectivity index (χ2v) is 21.0. The Balaban J connectivity index is 1.05. The van der Waals surface area contributed by atoms with E-state index in [0.29, 0.717) is 19.4 Å². The summed E-state index contributed by atoms with van der Waals surface area (Å²) in [4.78, 5) is 0. The summed E-state index contributed by atoms with van der Waals surface area (Å²) in [6, 6.07) is 0. The summed E-state index contributed by atoms with van der Waals surface area (Å²) >= 11 is 0. The van der Waals surface area contributed by atoms with Gasteiger partial charge in [-0.3, -0.25) is 0 Å². The van der Waals surface area contributed by atoms with E-state index in [1.54, 1.807) is 6.92 Å². The van der Waals surface area contributed by atoms with Gasteiger partial charge in [0.25, 0.3) is 0 Å². The Hall–Kier alpha value is -0.780. The van der Waals surface area contributed by atoms with Gasteiger partial charge in [0.1, 0.15) is 42.7 Å². The highest BCUT2D eigenvalue weighted by Crippen LogP contribution is 2.79. The molecule has 3 aliphatic heterocycles. The molecule has 0 aromatic carbocycles. The van der Waals surface area contributed by atoms with Crippen LogP contribution in [0.2, 0.25) is 0 Å². The number of fused-ring (bicyclic) bond motifs is 4. The van der Waals surface area contributed by atoms with Crippen LogP contribution in [0.3, 0.4) is 0 Å². The van der Waals surface area contributed by atoms with Gasteiger partial charge in [-0.05, 0) is 86.4 Å². The van der Waals surface area contributed by atoms with Crippen LogP contribution in [0.4, 0.5) is 0 Å². The summed E-state index contributed by atoms with van der Waals surface area (Å²) in [7, 11) is 0. The molecule has 0 amide bonds. The topological polar surface area (TPSA) is 208 Å². The molecule has 7 fully saturated rings. The largest absolute Gasteiger partial charge is 0.396 e. The fraction of sp³-hybridized carbons (Fsp3) is 0.952. The Bertz CT molecular complexity index is 1490. The van der Waals surface area contributed by atoms with E-state index < -0.39 is 91.2 Å². The Kier molecular flexibility index (Phi) is 9.95. The minimum absolute atomic E-state index is 0.0414. The van der Waals surface area contributed by atoms with Crippen LogP contribution in [0, 0.1) is 50.2 Å². The molecule has 314 valence electrons. The first-order valence-electron chi connectivity index (χ1n) is 20.9. The maximum absolute atomic E-state index is 12.1. The highest BCUT2D eigenvalue weighted by atomic mass is 16.7. The third-order valence-electron chi connectivity index (χ3n) is 17.9. The van der Waals surface area contributed by atoms with E-state index in [2.05, 4.69) is 53.7 Å². The summed E-state index contributed by atoms with van der Waals surface area (Å²) in [6.07, 6.45) is -3.39. The molecule has 0 unspecified atom stereocenters. The lowest BCUT2D eigenvalue weighted by Crippen LogP contribution is -2.72. The molecule has 3 heterocycles. The van der Waals surface area contributed by atoms with Gasteiger partial charge in [0.2, 0.25) is 0 Å². The van der Waals surface area contributed by atoms with Crippen molar-refractivity contribution in [1.29, 1.82) is 0 Å². The third-order valence-corrected chi connectivity index (χ3v) is 17.9. The molecule has 21 atom stereocenters. The summed E-state index contributed by atoms with van der Waals surface area (Å²) in [5, 5.41) is 87.0. The molecule has 13 nitrogen and oxygen atoms in total. The van der Waals surface area contributed by atoms with E-state index in [0.717, 1.165) is 38.5 Å². The molecule has 0 aromatic rings. The van der Waals surface area contributed by atoms with Gasteiger partial charge in [-0.1, -0.05) is 53.7 Å². The molecule has 8 N–H and O–H groups in total. The highest BCUT2D eigenvalue weighted by Gasteiger charge is 2.79. The molecule has 8 aliphatic rings. The number of hydrogen-bond acceptors (Lipinski definition) is 13. The van der Waals surface area contributed by atoms with Gasteiger partial charge in [-0.2, -0.15) is 0 Å². The second kappa shape index (κ2) is 13.4. The van der Waals surface area contributed by atoms with Crippen LogP contribution in [-0.4, -0.2) is 140 Å². The summed E-state index contributed by atoms with van der Waals surface area (Å²) in [5.41, 5.74) is -1.90. The van der Waals surface area contributed by atoms with Crippen molar-refractivity contribution in [3.8, 4) is 0 Å². The molecular formula is C42H68O13. The van der Waals surface area contributed by atoms with E-state index in [1.807, 2.05) is 0 Å². The minimum atomic E-state index is -1.72. The summed E-state index contributed by atoms with van der Waals surface area (Å²) in [6.45, 7) is 15.4. The number of rotatable bonds is 6. The van der Waals surface area contributed by atoms with E-state index in [-0.39, 0.29) is 51.4 Å². The number of aliphatic hydroxyl groups is 8. The van der Waals surface area contributed by atoms with E-state index in [9.17, 15) is 40.9 Å². The lowest BCUT2D eigenvalue weighted by atomic mass is 9.32. The van der Waals surface area contributed by atoms with Crippen molar-refractivity contribution in [1.82, 2.24) is 0 Å². The van der Waals surface area contributed by atoms with Crippen molar-refractivity contribution in [2.24, 2.45) is 50.2 Å². The number of aliphatic hydroxyl groups excluding tert-OH is 8. The Morgan fingerprint density at radius 3 is 2.13 bits per heavy atom. The van der Waals surface area contributed by atoms with Crippen molar-refractivity contribution < 1.29 is 64.5 Å². The number of allylic oxidation sites excluding steroid dienone is 1. The molecule has 3 saturated heterocycles. The average molecular weight is 781 g/mol. The fourth-order valence-corrected chi connectivity index (χ4v) is 14.3. The predicted molar refractivity (Wildman–Crippen MR) is 197 cm³/mol. The van der Waals surface area contributed by atoms with Crippen molar-refractivity contribution in [2.45, 2.75) is 179 Å². The molecule has 1 spiro atoms. The van der Waals surface area contributed by atoms with Gasteiger partial charge < -0.3 is 64.5 Å². The normalized spacial score (nSPS) is 59.7. The predicted octanol–water partition coefficient (Wildman–Crippen LogP) is 1.78. The second-order valence-electron chi connectivity index (χ2n) is 21.0. The molecule has 55 heavy (non-hydrogen) atoms. The standard InChI is InChI=1S/C42H68O13/c1-21-28(46)33(55-34-31(49)30(48)29(47)22(18-43)53-34)32(50)35(52-21)54-27-10-11-37(4)23(38(27,5)19-44)8-12-39(6)24(37)9-13-42-25-16-36(2,3)14-15-41(25,20-51-42)26(45)17-40(39,42)7/h9,13,21-35,43-50H,8,10-12,14-20H2,1-7H3/t21-,22-,23-,24-,25+,26-,27+,28+,29-,30+,31-,32-,33+,34-,35+,37+,38+,39-,40+,41-,42+/m1/s1. The zero-order chi connectivity index (χ0) is 39.9. The van der Waals surface area contributed by atoms with Crippen LogP contribution in [0.5, 0.6) is 0 Å². The lowest BCUT2D eigenvalue weighted by molar-refractivity contribution is -0.367. The molecular weight excluding hydrogens is 712 g/mol. The Morgan fingerprint density at radius 1 is 0.727 bits per heavy atom. The van der Waals surface area contributed by atoms with Gasteiger partial charge in [-0.25, -0.2) is 0 Å². The fourth-order valence-electron chi connectivity index (χ4n) is 14.3. The first-order valence-corrected chi connectivity index (χ1v) is 20.9. The van der Waals surface area contributed by atoms with Crippen LogP contribution in [0.15, 0.2) is 12.2 Å². The van der Waals surface area contributed by atoms with Gasteiger partial charge in [0.05, 0.1) is 43.7 Å². The summed E-state index contributed by atoms with van der Waals surface area (Å²) < 4.78 is 31.2. The minimum Gasteiger partial charge on any atom is -0.396 e. The molecule has 13 heteroatoms. The monoisotopic (exact) mass is 780 g/mol. The van der Waals surface area contributed by atoms with E-state index >= 15 is 0 Å². The SMILES string of the molecule is C[C@H]1O[C@@H](O[C@H]2CC[C@@]3(C)[C@@H](CC[C@]4(C)[C@@H]3C=C[C@]35OC[C@@]6(CCC(C)(C)C[C@@H]63)[C@H](O)C[C@]54C)[C@]2(C)CO)[C@H](O)[C@@H](O[C@H]2O[C@H](CO)[C@@H](O)[C@H](O)[C@H]2O)[C@H]1O. The van der Waals surface area contributed by atoms with Crippen LogP contribution < -0.4 is 0 Å². The maximum atomic E-state index is 12.1.